The molecule has 0 heterocycles. The fourth-order valence-electron chi connectivity index (χ4n) is 3.93. The Morgan fingerprint density at radius 2 is 1.88 bits per heavy atom. The van der Waals surface area contributed by atoms with Gasteiger partial charge in [0.15, 0.2) is 0 Å². The van der Waals surface area contributed by atoms with Crippen LogP contribution in [0.2, 0.25) is 18.1 Å². The Labute approximate surface area is 163 Å². The predicted molar refractivity (Wildman–Crippen MR) is 117 cm³/mol. The van der Waals surface area contributed by atoms with Crippen molar-refractivity contribution >= 4 is 8.32 Å². The van der Waals surface area contributed by atoms with Crippen molar-refractivity contribution in [2.45, 2.75) is 91.3 Å². The van der Waals surface area contributed by atoms with Gasteiger partial charge in [-0.05, 0) is 61.9 Å². The number of allylic oxidation sites excluding steroid dienone is 3. The predicted octanol–water partition coefficient (Wildman–Crippen LogP) is 7.40. The monoisotopic (exact) mass is 378 g/mol. The van der Waals surface area contributed by atoms with E-state index in [1.165, 1.54) is 55.1 Å². The highest BCUT2D eigenvalue weighted by molar-refractivity contribution is 6.73. The molecule has 3 heteroatoms. The molecule has 1 atom stereocenters. The summed E-state index contributed by atoms with van der Waals surface area (Å²) in [6, 6.07) is 3.63. The second kappa shape index (κ2) is 12.6. The first-order valence-corrected chi connectivity index (χ1v) is 13.4. The number of ether oxygens (including phenoxy) is 1. The van der Waals surface area contributed by atoms with E-state index >= 15 is 0 Å². The molecular formula is C23H42O2Si. The highest BCUT2D eigenvalue weighted by Crippen LogP contribution is 2.40. The molecule has 0 N–H and O–H groups in total. The molecule has 0 unspecified atom stereocenters. The van der Waals surface area contributed by atoms with Gasteiger partial charge in [-0.3, -0.25) is 0 Å². The Balaban J connectivity index is 2.99. The minimum atomic E-state index is -1.61. The van der Waals surface area contributed by atoms with Crippen LogP contribution in [-0.2, 0) is 9.16 Å². The summed E-state index contributed by atoms with van der Waals surface area (Å²) >= 11 is 0. The Kier molecular flexibility index (Phi) is 11.2. The normalized spacial score (nSPS) is 18.6. The van der Waals surface area contributed by atoms with Crippen molar-refractivity contribution < 1.29 is 9.16 Å². The van der Waals surface area contributed by atoms with Crippen LogP contribution in [0.1, 0.15) is 73.1 Å². The molecule has 1 aliphatic carbocycles. The molecule has 0 spiro atoms. The average molecular weight is 379 g/mol. The van der Waals surface area contributed by atoms with Crippen LogP contribution in [0.5, 0.6) is 0 Å². The number of hydrogen-bond donors (Lipinski definition) is 0. The van der Waals surface area contributed by atoms with Crippen molar-refractivity contribution in [3.8, 4) is 0 Å². The zero-order chi connectivity index (χ0) is 19.4. The smallest absolute Gasteiger partial charge is 0.250 e. The maximum atomic E-state index is 6.89. The lowest BCUT2D eigenvalue weighted by atomic mass is 9.80. The molecule has 0 fully saturated rings. The second-order valence-electron chi connectivity index (χ2n) is 7.58. The summed E-state index contributed by atoms with van der Waals surface area (Å²) in [7, 11) is -1.61. The van der Waals surface area contributed by atoms with Crippen LogP contribution in [0.15, 0.2) is 35.6 Å². The summed E-state index contributed by atoms with van der Waals surface area (Å²) < 4.78 is 12.7. The van der Waals surface area contributed by atoms with Crippen molar-refractivity contribution in [2.75, 3.05) is 13.2 Å². The summed E-state index contributed by atoms with van der Waals surface area (Å²) in [5.74, 6) is 1.79. The summed E-state index contributed by atoms with van der Waals surface area (Å²) in [5.41, 5.74) is 2.78. The summed E-state index contributed by atoms with van der Waals surface area (Å²) in [6.45, 7) is 17.0. The van der Waals surface area contributed by atoms with Gasteiger partial charge in [0, 0.05) is 12.3 Å². The summed E-state index contributed by atoms with van der Waals surface area (Å²) in [5, 5.41) is 0. The molecule has 0 amide bonds. The van der Waals surface area contributed by atoms with Crippen LogP contribution in [0.3, 0.4) is 0 Å². The quantitative estimate of drug-likeness (QED) is 0.189. The number of unbranched alkanes of at least 4 members (excludes halogenated alkanes) is 1. The van der Waals surface area contributed by atoms with Crippen molar-refractivity contribution in [3.05, 3.63) is 35.6 Å². The van der Waals surface area contributed by atoms with Crippen molar-refractivity contribution in [3.63, 3.8) is 0 Å². The van der Waals surface area contributed by atoms with Crippen LogP contribution in [-0.4, -0.2) is 21.5 Å². The molecule has 0 radical (unpaired) electrons. The maximum Gasteiger partial charge on any atom is 0.250 e. The Morgan fingerprint density at radius 1 is 1.19 bits per heavy atom. The topological polar surface area (TPSA) is 18.5 Å². The van der Waals surface area contributed by atoms with Gasteiger partial charge in [-0.15, -0.1) is 0 Å². The molecule has 1 aliphatic rings. The van der Waals surface area contributed by atoms with Gasteiger partial charge in [0.2, 0.25) is 8.32 Å². The number of rotatable bonds is 13. The highest BCUT2D eigenvalue weighted by atomic mass is 28.4. The molecule has 0 saturated carbocycles. The van der Waals surface area contributed by atoms with Crippen LogP contribution in [0.4, 0.5) is 0 Å². The molecule has 150 valence electrons. The first-order chi connectivity index (χ1) is 12.6. The van der Waals surface area contributed by atoms with Crippen molar-refractivity contribution in [1.82, 2.24) is 0 Å². The van der Waals surface area contributed by atoms with Crippen molar-refractivity contribution in [2.24, 2.45) is 5.92 Å². The Morgan fingerprint density at radius 3 is 2.46 bits per heavy atom. The van der Waals surface area contributed by atoms with Gasteiger partial charge in [-0.25, -0.2) is 0 Å². The fraction of sp³-hybridized carbons (Fsp3) is 0.739. The summed E-state index contributed by atoms with van der Waals surface area (Å²) in [6.07, 6.45) is 11.3. The van der Waals surface area contributed by atoms with E-state index in [1.54, 1.807) is 5.57 Å². The number of hydrogen-bond acceptors (Lipinski definition) is 2. The van der Waals surface area contributed by atoms with Gasteiger partial charge >= 0.3 is 0 Å². The van der Waals surface area contributed by atoms with E-state index in [9.17, 15) is 0 Å². The standard InChI is InChI=1S/C23H42O2Si/c1-7-12-15-22-21(20(6)19-24-18-13-8-2)16-14-17-23(22)25-26(9-3,10-4)11-5/h8,13,21H,6-7,9-12,14-19H2,1-5H3/b13-8+/t21-/m1/s1. The lowest BCUT2D eigenvalue weighted by molar-refractivity contribution is 0.178. The lowest BCUT2D eigenvalue weighted by Gasteiger charge is -2.36. The minimum Gasteiger partial charge on any atom is -0.547 e. The van der Waals surface area contributed by atoms with E-state index < -0.39 is 8.32 Å². The molecule has 0 aromatic rings. The second-order valence-corrected chi connectivity index (χ2v) is 12.3. The largest absolute Gasteiger partial charge is 0.547 e. The Bertz CT molecular complexity index is 466. The third-order valence-corrected chi connectivity index (χ3v) is 10.5. The lowest BCUT2D eigenvalue weighted by Crippen LogP contribution is -2.36. The molecular weight excluding hydrogens is 336 g/mol. The molecule has 2 nitrogen and oxygen atoms in total. The first kappa shape index (κ1) is 23.2. The average Bonchev–Trinajstić information content (AvgIpc) is 2.68. The molecule has 0 bridgehead atoms. The van der Waals surface area contributed by atoms with Crippen molar-refractivity contribution in [1.29, 1.82) is 0 Å². The van der Waals surface area contributed by atoms with Crippen LogP contribution < -0.4 is 0 Å². The highest BCUT2D eigenvalue weighted by Gasteiger charge is 2.34. The first-order valence-electron chi connectivity index (χ1n) is 10.8. The van der Waals surface area contributed by atoms with Gasteiger partial charge in [0.1, 0.15) is 0 Å². The van der Waals surface area contributed by atoms with E-state index in [0.29, 0.717) is 19.1 Å². The third-order valence-electron chi connectivity index (χ3n) is 5.98. The molecule has 26 heavy (non-hydrogen) atoms. The van der Waals surface area contributed by atoms with Crippen LogP contribution in [0.25, 0.3) is 0 Å². The van der Waals surface area contributed by atoms with Gasteiger partial charge in [-0.2, -0.15) is 0 Å². The molecule has 0 aromatic carbocycles. The zero-order valence-corrected chi connectivity index (χ0v) is 19.0. The van der Waals surface area contributed by atoms with E-state index in [0.717, 1.165) is 12.8 Å². The SMILES string of the molecule is C=C(COC/C=C/C)[C@H]1CCCC(O[Si](CC)(CC)CC)=C1CCCC. The third kappa shape index (κ3) is 6.73. The van der Waals surface area contributed by atoms with Gasteiger partial charge < -0.3 is 9.16 Å². The summed E-state index contributed by atoms with van der Waals surface area (Å²) in [4.78, 5) is 0. The van der Waals surface area contributed by atoms with Gasteiger partial charge in [0.05, 0.1) is 19.0 Å². The van der Waals surface area contributed by atoms with Crippen LogP contribution in [0, 0.1) is 5.92 Å². The van der Waals surface area contributed by atoms with E-state index in [-0.39, 0.29) is 0 Å². The van der Waals surface area contributed by atoms with E-state index in [1.807, 2.05) is 13.0 Å². The van der Waals surface area contributed by atoms with Gasteiger partial charge in [0.25, 0.3) is 0 Å². The fourth-order valence-corrected chi connectivity index (χ4v) is 6.62. The molecule has 0 saturated heterocycles. The van der Waals surface area contributed by atoms with Gasteiger partial charge in [-0.1, -0.05) is 52.8 Å². The molecule has 0 aliphatic heterocycles. The maximum absolute atomic E-state index is 6.89. The Hall–Kier alpha value is -0.803. The molecule has 1 rings (SSSR count). The zero-order valence-electron chi connectivity index (χ0n) is 18.0. The van der Waals surface area contributed by atoms with E-state index in [4.69, 9.17) is 9.16 Å². The minimum absolute atomic E-state index is 0.452. The van der Waals surface area contributed by atoms with E-state index in [2.05, 4.69) is 40.3 Å². The molecule has 0 aromatic heterocycles. The van der Waals surface area contributed by atoms with Crippen LogP contribution >= 0.6 is 0 Å².